The molecule has 38 heavy (non-hydrogen) atoms. The predicted octanol–water partition coefficient (Wildman–Crippen LogP) is 3.42. The van der Waals surface area contributed by atoms with Gasteiger partial charge in [-0.2, -0.15) is 0 Å². The lowest BCUT2D eigenvalue weighted by molar-refractivity contribution is -0.121. The molecule has 9 nitrogen and oxygen atoms in total. The van der Waals surface area contributed by atoms with Crippen LogP contribution in [0.1, 0.15) is 32.3 Å². The Bertz CT molecular complexity index is 1310. The summed E-state index contributed by atoms with van der Waals surface area (Å²) in [5.74, 6) is 1.64. The van der Waals surface area contributed by atoms with Gasteiger partial charge >= 0.3 is 0 Å². The van der Waals surface area contributed by atoms with E-state index in [1.807, 2.05) is 24.3 Å². The molecule has 2 N–H and O–H groups in total. The van der Waals surface area contributed by atoms with Gasteiger partial charge in [0.15, 0.2) is 16.7 Å². The Morgan fingerprint density at radius 3 is 2.47 bits per heavy atom. The smallest absolute Gasteiger partial charge is 0.262 e. The zero-order chi connectivity index (χ0) is 27.5. The summed E-state index contributed by atoms with van der Waals surface area (Å²) in [7, 11) is 3.17. The highest BCUT2D eigenvalue weighted by Gasteiger charge is 2.15. The molecule has 0 spiro atoms. The average Bonchev–Trinajstić information content (AvgIpc) is 2.91. The van der Waals surface area contributed by atoms with E-state index in [4.69, 9.17) is 9.47 Å². The highest BCUT2D eigenvalue weighted by atomic mass is 32.2. The van der Waals surface area contributed by atoms with E-state index in [1.54, 1.807) is 32.4 Å². The molecule has 0 aliphatic heterocycles. The minimum Gasteiger partial charge on any atom is -0.493 e. The topological polar surface area (TPSA) is 112 Å². The molecule has 0 fully saturated rings. The van der Waals surface area contributed by atoms with Crippen molar-refractivity contribution in [3.05, 3.63) is 58.4 Å². The van der Waals surface area contributed by atoms with Crippen LogP contribution in [-0.2, 0) is 22.6 Å². The Hall–Kier alpha value is -3.53. The van der Waals surface area contributed by atoms with E-state index in [0.29, 0.717) is 53.0 Å². The molecule has 0 unspecified atom stereocenters. The Balaban J connectivity index is 1.62. The fourth-order valence-corrected chi connectivity index (χ4v) is 4.68. The third-order valence-electron chi connectivity index (χ3n) is 5.95. The molecule has 2 amide bonds. The summed E-state index contributed by atoms with van der Waals surface area (Å²) in [5, 5.41) is 6.71. The maximum atomic E-state index is 13.2. The van der Waals surface area contributed by atoms with Crippen LogP contribution in [0.4, 0.5) is 0 Å². The number of amides is 2. The lowest BCUT2D eigenvalue weighted by Crippen LogP contribution is -2.30. The molecule has 1 heterocycles. The number of thioether (sulfide) groups is 1. The molecular weight excluding hydrogens is 504 g/mol. The lowest BCUT2D eigenvalue weighted by Gasteiger charge is -2.14. The van der Waals surface area contributed by atoms with Crippen molar-refractivity contribution in [2.24, 2.45) is 5.92 Å². The summed E-state index contributed by atoms with van der Waals surface area (Å²) in [6.45, 7) is 5.42. The molecule has 0 radical (unpaired) electrons. The van der Waals surface area contributed by atoms with Crippen LogP contribution in [0.25, 0.3) is 10.9 Å². The van der Waals surface area contributed by atoms with Gasteiger partial charge in [-0.05, 0) is 48.6 Å². The molecule has 0 aliphatic rings. The molecule has 204 valence electrons. The van der Waals surface area contributed by atoms with E-state index in [1.165, 1.54) is 16.3 Å². The summed E-state index contributed by atoms with van der Waals surface area (Å²) < 4.78 is 12.1. The van der Waals surface area contributed by atoms with Crippen molar-refractivity contribution < 1.29 is 19.1 Å². The Kier molecular flexibility index (Phi) is 11.0. The zero-order valence-electron chi connectivity index (χ0n) is 22.4. The van der Waals surface area contributed by atoms with Crippen molar-refractivity contribution in [3.8, 4) is 11.5 Å². The number of hydrogen-bond donors (Lipinski definition) is 2. The van der Waals surface area contributed by atoms with Crippen LogP contribution < -0.4 is 25.7 Å². The standard InChI is InChI=1S/C28H36N4O5S/c1-19(2)11-14-30-26(34)18-38-28-31-22-8-6-5-7-21(22)27(35)32(28)16-13-25(33)29-15-12-20-9-10-23(36-3)24(17-20)37-4/h5-10,17,19H,11-16,18H2,1-4H3,(H,29,33)(H,30,34). The largest absolute Gasteiger partial charge is 0.493 e. The van der Waals surface area contributed by atoms with Gasteiger partial charge in [0.1, 0.15) is 0 Å². The van der Waals surface area contributed by atoms with Crippen molar-refractivity contribution >= 4 is 34.5 Å². The second kappa shape index (κ2) is 14.4. The SMILES string of the molecule is COc1ccc(CCNC(=O)CCn2c(SCC(=O)NCCC(C)C)nc3ccccc3c2=O)cc1OC. The van der Waals surface area contributed by atoms with Crippen LogP contribution in [0.3, 0.4) is 0 Å². The lowest BCUT2D eigenvalue weighted by atomic mass is 10.1. The number of benzene rings is 2. The number of fused-ring (bicyclic) bond motifs is 1. The minimum atomic E-state index is -0.226. The molecule has 0 aliphatic carbocycles. The van der Waals surface area contributed by atoms with Crippen molar-refractivity contribution in [3.63, 3.8) is 0 Å². The van der Waals surface area contributed by atoms with Gasteiger partial charge in [-0.1, -0.05) is 43.8 Å². The maximum absolute atomic E-state index is 13.2. The summed E-state index contributed by atoms with van der Waals surface area (Å²) >= 11 is 1.20. The third-order valence-corrected chi connectivity index (χ3v) is 6.93. The number of aromatic nitrogens is 2. The molecule has 3 aromatic rings. The first-order valence-electron chi connectivity index (χ1n) is 12.7. The van der Waals surface area contributed by atoms with E-state index in [2.05, 4.69) is 29.5 Å². The number of carbonyl (C=O) groups excluding carboxylic acids is 2. The van der Waals surface area contributed by atoms with Gasteiger partial charge in [-0.15, -0.1) is 0 Å². The summed E-state index contributed by atoms with van der Waals surface area (Å²) in [6.07, 6.45) is 1.63. The van der Waals surface area contributed by atoms with Crippen LogP contribution in [-0.4, -0.2) is 54.4 Å². The minimum absolute atomic E-state index is 0.111. The molecule has 1 aromatic heterocycles. The Morgan fingerprint density at radius 2 is 1.74 bits per heavy atom. The maximum Gasteiger partial charge on any atom is 0.262 e. The molecule has 0 saturated carbocycles. The van der Waals surface area contributed by atoms with Gasteiger partial charge in [0.25, 0.3) is 5.56 Å². The quantitative estimate of drug-likeness (QED) is 0.238. The molecule has 10 heteroatoms. The third kappa shape index (κ3) is 8.24. The molecule has 0 saturated heterocycles. The first-order chi connectivity index (χ1) is 18.3. The molecule has 0 bridgehead atoms. The fraction of sp³-hybridized carbons (Fsp3) is 0.429. The van der Waals surface area contributed by atoms with E-state index >= 15 is 0 Å². The number of carbonyl (C=O) groups is 2. The Labute approximate surface area is 227 Å². The van der Waals surface area contributed by atoms with Crippen molar-refractivity contribution in [2.45, 2.75) is 44.8 Å². The van der Waals surface area contributed by atoms with Crippen LogP contribution in [0.5, 0.6) is 11.5 Å². The first-order valence-corrected chi connectivity index (χ1v) is 13.7. The second-order valence-corrected chi connectivity index (χ2v) is 10.2. The monoisotopic (exact) mass is 540 g/mol. The van der Waals surface area contributed by atoms with Crippen molar-refractivity contribution in [1.82, 2.24) is 20.2 Å². The van der Waals surface area contributed by atoms with Gasteiger partial charge in [-0.3, -0.25) is 19.0 Å². The number of ether oxygens (including phenoxy) is 2. The highest BCUT2D eigenvalue weighted by molar-refractivity contribution is 7.99. The van der Waals surface area contributed by atoms with Crippen LogP contribution in [0.2, 0.25) is 0 Å². The second-order valence-electron chi connectivity index (χ2n) is 9.23. The van der Waals surface area contributed by atoms with Crippen LogP contribution >= 0.6 is 11.8 Å². The molecule has 2 aromatic carbocycles. The number of hydrogen-bond acceptors (Lipinski definition) is 7. The van der Waals surface area contributed by atoms with Crippen LogP contribution in [0.15, 0.2) is 52.4 Å². The van der Waals surface area contributed by atoms with E-state index in [-0.39, 0.29) is 36.1 Å². The molecular formula is C28H36N4O5S. The van der Waals surface area contributed by atoms with Crippen molar-refractivity contribution in [1.29, 1.82) is 0 Å². The van der Waals surface area contributed by atoms with E-state index in [0.717, 1.165) is 12.0 Å². The number of nitrogens with one attached hydrogen (secondary N) is 2. The number of methoxy groups -OCH3 is 2. The summed E-state index contributed by atoms with van der Waals surface area (Å²) in [5.41, 5.74) is 1.34. The molecule has 0 atom stereocenters. The van der Waals surface area contributed by atoms with Gasteiger partial charge in [0.2, 0.25) is 11.8 Å². The molecule has 3 rings (SSSR count). The number of rotatable bonds is 14. The van der Waals surface area contributed by atoms with Gasteiger partial charge in [-0.25, -0.2) is 4.98 Å². The normalized spacial score (nSPS) is 11.0. The fourth-order valence-electron chi connectivity index (χ4n) is 3.82. The zero-order valence-corrected chi connectivity index (χ0v) is 23.2. The highest BCUT2D eigenvalue weighted by Crippen LogP contribution is 2.27. The average molecular weight is 541 g/mol. The van der Waals surface area contributed by atoms with Gasteiger partial charge in [0.05, 0.1) is 30.9 Å². The van der Waals surface area contributed by atoms with Crippen LogP contribution in [0, 0.1) is 5.92 Å². The van der Waals surface area contributed by atoms with E-state index in [9.17, 15) is 14.4 Å². The summed E-state index contributed by atoms with van der Waals surface area (Å²) in [6, 6.07) is 12.7. The number of para-hydroxylation sites is 1. The Morgan fingerprint density at radius 1 is 1.00 bits per heavy atom. The van der Waals surface area contributed by atoms with Crippen molar-refractivity contribution in [2.75, 3.05) is 33.1 Å². The number of nitrogens with zero attached hydrogens (tertiary/aromatic N) is 2. The predicted molar refractivity (Wildman–Crippen MR) is 150 cm³/mol. The first kappa shape index (κ1) is 29.0. The van der Waals surface area contributed by atoms with Gasteiger partial charge < -0.3 is 20.1 Å². The van der Waals surface area contributed by atoms with E-state index < -0.39 is 0 Å². The summed E-state index contributed by atoms with van der Waals surface area (Å²) in [4.78, 5) is 42.7. The van der Waals surface area contributed by atoms with Gasteiger partial charge in [0, 0.05) is 26.1 Å².